The molecule has 2 rings (SSSR count). The van der Waals surface area contributed by atoms with Gasteiger partial charge in [-0.15, -0.1) is 0 Å². The van der Waals surface area contributed by atoms with Gasteiger partial charge < -0.3 is 9.16 Å². The average Bonchev–Trinajstić information content (AvgIpc) is 3.01. The number of Topliss-reactive ketones (excluding diaryl/α,β-unsaturated/α-hetero) is 1. The third-order valence-electron chi connectivity index (χ3n) is 6.95. The molecule has 0 saturated heterocycles. The van der Waals surface area contributed by atoms with Crippen molar-refractivity contribution >= 4 is 26.1 Å². The van der Waals surface area contributed by atoms with Crippen LogP contribution in [0.25, 0.3) is 6.08 Å². The van der Waals surface area contributed by atoms with E-state index in [0.717, 1.165) is 18.4 Å². The normalized spacial score (nSPS) is 21.8. The van der Waals surface area contributed by atoms with Gasteiger partial charge >= 0.3 is 5.97 Å². The number of esters is 1. The van der Waals surface area contributed by atoms with Crippen molar-refractivity contribution in [1.82, 2.24) is 0 Å². The van der Waals surface area contributed by atoms with Crippen LogP contribution in [0, 0.1) is 11.8 Å². The van der Waals surface area contributed by atoms with Crippen molar-refractivity contribution in [3.05, 3.63) is 54.1 Å². The number of benzene rings is 1. The highest BCUT2D eigenvalue weighted by molar-refractivity contribution is 6.74. The average molecular weight is 485 g/mol. The van der Waals surface area contributed by atoms with Crippen LogP contribution in [0.15, 0.2) is 48.6 Å². The molecule has 0 heterocycles. The third-order valence-corrected chi connectivity index (χ3v) is 11.5. The number of hydrogen-bond acceptors (Lipinski definition) is 4. The van der Waals surface area contributed by atoms with E-state index in [0.29, 0.717) is 19.3 Å². The number of carbonyl (C=O) groups excluding carboxylic acids is 2. The van der Waals surface area contributed by atoms with E-state index in [1.165, 1.54) is 0 Å². The second kappa shape index (κ2) is 12.6. The number of ether oxygens (including phenoxy) is 1. The molecule has 0 aliphatic heterocycles. The number of hydrogen-bond donors (Lipinski definition) is 0. The van der Waals surface area contributed by atoms with Crippen LogP contribution in [-0.4, -0.2) is 32.3 Å². The predicted molar refractivity (Wildman–Crippen MR) is 143 cm³/mol. The Bertz CT molecular complexity index is 849. The molecule has 1 aliphatic rings. The molecule has 0 N–H and O–H groups in total. The molecule has 3 atom stereocenters. The van der Waals surface area contributed by atoms with E-state index in [9.17, 15) is 9.59 Å². The Hall–Kier alpha value is -1.98. The number of allylic oxidation sites excluding steroid dienone is 2. The van der Waals surface area contributed by atoms with Crippen LogP contribution in [0.4, 0.5) is 0 Å². The maximum atomic E-state index is 13.1. The minimum absolute atomic E-state index is 0.0625. The zero-order valence-electron chi connectivity index (χ0n) is 22.2. The first kappa shape index (κ1) is 28.3. The van der Waals surface area contributed by atoms with Crippen molar-refractivity contribution in [1.29, 1.82) is 0 Å². The Morgan fingerprint density at radius 3 is 2.44 bits per heavy atom. The van der Waals surface area contributed by atoms with E-state index in [2.05, 4.69) is 70.3 Å². The summed E-state index contributed by atoms with van der Waals surface area (Å²) in [6, 6.07) is 10.2. The highest BCUT2D eigenvalue weighted by Crippen LogP contribution is 2.43. The molecule has 1 aromatic rings. The first-order valence-electron chi connectivity index (χ1n) is 12.7. The first-order chi connectivity index (χ1) is 15.9. The lowest BCUT2D eigenvalue weighted by atomic mass is 9.90. The Balaban J connectivity index is 2.06. The summed E-state index contributed by atoms with van der Waals surface area (Å²) in [6.45, 7) is 15.0. The standard InChI is InChI=1S/C29H44O4Si/c1-22(2)32-28(31)18-14-9-8-13-17-24-25(20-19-23-15-11-10-12-16-23)27(21-26(24)30)33-34(6,7)29(3,4)5/h8,10-13,15-16,19-20,22,24-25,27H,9,14,17-18,21H2,1-7H3/b13-8-,20-19+/t24-,25-,27?/m1/s1. The molecule has 1 saturated carbocycles. The summed E-state index contributed by atoms with van der Waals surface area (Å²) in [5.74, 6) is 0.132. The number of unbranched alkanes of at least 4 members (excludes halogenated alkanes) is 1. The van der Waals surface area contributed by atoms with Crippen molar-refractivity contribution in [2.24, 2.45) is 11.8 Å². The van der Waals surface area contributed by atoms with Gasteiger partial charge in [-0.05, 0) is 56.8 Å². The zero-order chi connectivity index (χ0) is 25.4. The molecule has 1 aliphatic carbocycles. The lowest BCUT2D eigenvalue weighted by Gasteiger charge is -2.39. The molecular weight excluding hydrogens is 440 g/mol. The summed E-state index contributed by atoms with van der Waals surface area (Å²) in [5, 5.41) is 0.0957. The van der Waals surface area contributed by atoms with Gasteiger partial charge in [-0.25, -0.2) is 0 Å². The number of rotatable bonds is 11. The van der Waals surface area contributed by atoms with Gasteiger partial charge in [0.1, 0.15) is 5.78 Å². The highest BCUT2D eigenvalue weighted by atomic mass is 28.4. The second-order valence-corrected chi connectivity index (χ2v) is 15.9. The Labute approximate surface area is 207 Å². The molecule has 0 spiro atoms. The fourth-order valence-corrected chi connectivity index (χ4v) is 5.37. The van der Waals surface area contributed by atoms with Crippen molar-refractivity contribution < 1.29 is 18.8 Å². The quantitative estimate of drug-likeness (QED) is 0.142. The van der Waals surface area contributed by atoms with Gasteiger partial charge in [0.2, 0.25) is 0 Å². The van der Waals surface area contributed by atoms with Crippen molar-refractivity contribution in [3.63, 3.8) is 0 Å². The van der Waals surface area contributed by atoms with Gasteiger partial charge in [-0.2, -0.15) is 0 Å². The highest BCUT2D eigenvalue weighted by Gasteiger charge is 2.46. The molecule has 0 radical (unpaired) electrons. The fraction of sp³-hybridized carbons (Fsp3) is 0.586. The predicted octanol–water partition coefficient (Wildman–Crippen LogP) is 7.36. The maximum absolute atomic E-state index is 13.1. The molecule has 1 aromatic carbocycles. The van der Waals surface area contributed by atoms with Gasteiger partial charge in [-0.3, -0.25) is 9.59 Å². The van der Waals surface area contributed by atoms with Gasteiger partial charge in [-0.1, -0.05) is 75.4 Å². The van der Waals surface area contributed by atoms with E-state index >= 15 is 0 Å². The third kappa shape index (κ3) is 8.66. The Morgan fingerprint density at radius 1 is 1.15 bits per heavy atom. The van der Waals surface area contributed by atoms with E-state index in [1.54, 1.807) is 0 Å². The first-order valence-corrected chi connectivity index (χ1v) is 15.6. The summed E-state index contributed by atoms with van der Waals surface area (Å²) in [6.07, 6.45) is 11.6. The summed E-state index contributed by atoms with van der Waals surface area (Å²) in [4.78, 5) is 24.7. The van der Waals surface area contributed by atoms with Crippen LogP contribution in [-0.2, 0) is 18.8 Å². The monoisotopic (exact) mass is 484 g/mol. The SMILES string of the molecule is CC(C)OC(=O)CCC/C=C\C[C@H]1C(=O)CC(O[Si](C)(C)C(C)(C)C)[C@@H]1/C=C/c1ccccc1. The van der Waals surface area contributed by atoms with Crippen molar-refractivity contribution in [2.45, 2.75) is 97.1 Å². The smallest absolute Gasteiger partial charge is 0.306 e. The molecule has 5 heteroatoms. The van der Waals surface area contributed by atoms with Crippen LogP contribution in [0.3, 0.4) is 0 Å². The Morgan fingerprint density at radius 2 is 1.82 bits per heavy atom. The molecule has 0 bridgehead atoms. The van der Waals surface area contributed by atoms with Crippen molar-refractivity contribution in [3.8, 4) is 0 Å². The zero-order valence-corrected chi connectivity index (χ0v) is 23.2. The van der Waals surface area contributed by atoms with Crippen LogP contribution >= 0.6 is 0 Å². The molecule has 1 unspecified atom stereocenters. The molecule has 34 heavy (non-hydrogen) atoms. The summed E-state index contributed by atoms with van der Waals surface area (Å²) in [7, 11) is -2.00. The molecular formula is C29H44O4Si. The minimum Gasteiger partial charge on any atom is -0.463 e. The van der Waals surface area contributed by atoms with Crippen LogP contribution in [0.1, 0.15) is 72.3 Å². The van der Waals surface area contributed by atoms with E-state index in [1.807, 2.05) is 32.0 Å². The van der Waals surface area contributed by atoms with Gasteiger partial charge in [0.05, 0.1) is 12.2 Å². The van der Waals surface area contributed by atoms with Gasteiger partial charge in [0, 0.05) is 24.7 Å². The summed E-state index contributed by atoms with van der Waals surface area (Å²) >= 11 is 0. The molecule has 1 fully saturated rings. The lowest BCUT2D eigenvalue weighted by molar-refractivity contribution is -0.147. The van der Waals surface area contributed by atoms with Gasteiger partial charge in [0.25, 0.3) is 0 Å². The van der Waals surface area contributed by atoms with Crippen LogP contribution in [0.2, 0.25) is 18.1 Å². The van der Waals surface area contributed by atoms with E-state index in [-0.39, 0.29) is 40.8 Å². The molecule has 4 nitrogen and oxygen atoms in total. The Kier molecular flexibility index (Phi) is 10.5. The number of carbonyl (C=O) groups is 2. The van der Waals surface area contributed by atoms with Crippen LogP contribution in [0.5, 0.6) is 0 Å². The topological polar surface area (TPSA) is 52.6 Å². The summed E-state index contributed by atoms with van der Waals surface area (Å²) < 4.78 is 11.9. The maximum Gasteiger partial charge on any atom is 0.306 e. The molecule has 0 aromatic heterocycles. The lowest BCUT2D eigenvalue weighted by Crippen LogP contribution is -2.45. The molecule has 188 valence electrons. The summed E-state index contributed by atoms with van der Waals surface area (Å²) in [5.41, 5.74) is 1.13. The van der Waals surface area contributed by atoms with E-state index < -0.39 is 8.32 Å². The van der Waals surface area contributed by atoms with Crippen LogP contribution < -0.4 is 0 Å². The fourth-order valence-electron chi connectivity index (χ4n) is 4.01. The van der Waals surface area contributed by atoms with Gasteiger partial charge in [0.15, 0.2) is 8.32 Å². The number of ketones is 1. The van der Waals surface area contributed by atoms with Crippen molar-refractivity contribution in [2.75, 3.05) is 0 Å². The second-order valence-electron chi connectivity index (χ2n) is 11.2. The largest absolute Gasteiger partial charge is 0.463 e. The minimum atomic E-state index is -2.00. The van der Waals surface area contributed by atoms with E-state index in [4.69, 9.17) is 9.16 Å². The molecule has 0 amide bonds.